The minimum atomic E-state index is -0.294. The van der Waals surface area contributed by atoms with Crippen LogP contribution < -0.4 is 0 Å². The van der Waals surface area contributed by atoms with Crippen LogP contribution in [0.15, 0.2) is 30.3 Å². The Morgan fingerprint density at radius 1 is 0.824 bits per heavy atom. The summed E-state index contributed by atoms with van der Waals surface area (Å²) in [5.41, 5.74) is 3.01. The van der Waals surface area contributed by atoms with Crippen LogP contribution in [0, 0.1) is 13.8 Å². The topological polar surface area (TPSA) is 60.7 Å². The maximum atomic E-state index is 9.82. The molecule has 0 fully saturated rings. The first-order valence-electron chi connectivity index (χ1n) is 5.32. The summed E-state index contributed by atoms with van der Waals surface area (Å²) in [6.45, 7) is 3.87. The van der Waals surface area contributed by atoms with Gasteiger partial charge in [-0.25, -0.2) is 0 Å². The van der Waals surface area contributed by atoms with Crippen molar-refractivity contribution in [1.29, 1.82) is 0 Å². The normalized spacial score (nSPS) is 10.5. The molecule has 0 aliphatic heterocycles. The van der Waals surface area contributed by atoms with Crippen LogP contribution in [0.1, 0.15) is 11.1 Å². The van der Waals surface area contributed by atoms with Crippen molar-refractivity contribution >= 4 is 0 Å². The second-order valence-electron chi connectivity index (χ2n) is 4.15. The SMILES string of the molecule is Cc1ccc(-c2c(O)ccc(O)c2O)c(C)c1. The first-order chi connectivity index (χ1) is 8.00. The largest absolute Gasteiger partial charge is 0.507 e. The minimum Gasteiger partial charge on any atom is -0.507 e. The van der Waals surface area contributed by atoms with E-state index in [9.17, 15) is 15.3 Å². The highest BCUT2D eigenvalue weighted by molar-refractivity contribution is 5.80. The van der Waals surface area contributed by atoms with Gasteiger partial charge in [0.15, 0.2) is 11.5 Å². The molecule has 3 heteroatoms. The van der Waals surface area contributed by atoms with Crippen LogP contribution in [-0.2, 0) is 0 Å². The lowest BCUT2D eigenvalue weighted by molar-refractivity contribution is 0.398. The highest BCUT2D eigenvalue weighted by Crippen LogP contribution is 2.43. The zero-order valence-electron chi connectivity index (χ0n) is 9.73. The van der Waals surface area contributed by atoms with E-state index in [1.54, 1.807) is 0 Å². The van der Waals surface area contributed by atoms with Gasteiger partial charge < -0.3 is 15.3 Å². The predicted octanol–water partition coefficient (Wildman–Crippen LogP) is 3.09. The summed E-state index contributed by atoms with van der Waals surface area (Å²) in [7, 11) is 0. The molecule has 0 unspecified atom stereocenters. The van der Waals surface area contributed by atoms with Gasteiger partial charge in [0.05, 0.1) is 5.56 Å². The van der Waals surface area contributed by atoms with Crippen LogP contribution in [0.2, 0.25) is 0 Å². The van der Waals surface area contributed by atoms with Gasteiger partial charge in [-0.15, -0.1) is 0 Å². The fraction of sp³-hybridized carbons (Fsp3) is 0.143. The number of phenolic OH excluding ortho intramolecular Hbond substituents is 3. The number of phenols is 3. The monoisotopic (exact) mass is 230 g/mol. The average molecular weight is 230 g/mol. The van der Waals surface area contributed by atoms with Crippen LogP contribution in [0.4, 0.5) is 0 Å². The summed E-state index contributed by atoms with van der Waals surface area (Å²) in [4.78, 5) is 0. The minimum absolute atomic E-state index is 0.0488. The molecule has 0 amide bonds. The first kappa shape index (κ1) is 11.3. The lowest BCUT2D eigenvalue weighted by atomic mass is 9.97. The second kappa shape index (κ2) is 4.01. The Labute approximate surface area is 99.6 Å². The molecular weight excluding hydrogens is 216 g/mol. The maximum absolute atomic E-state index is 9.82. The van der Waals surface area contributed by atoms with Gasteiger partial charge in [-0.3, -0.25) is 0 Å². The van der Waals surface area contributed by atoms with Crippen LogP contribution >= 0.6 is 0 Å². The number of benzene rings is 2. The molecule has 0 heterocycles. The van der Waals surface area contributed by atoms with Crippen LogP contribution in [0.25, 0.3) is 11.1 Å². The van der Waals surface area contributed by atoms with Crippen molar-refractivity contribution in [1.82, 2.24) is 0 Å². The molecule has 0 radical (unpaired) electrons. The summed E-state index contributed by atoms with van der Waals surface area (Å²) in [5, 5.41) is 29.1. The van der Waals surface area contributed by atoms with Gasteiger partial charge in [-0.1, -0.05) is 23.8 Å². The molecule has 88 valence electrons. The van der Waals surface area contributed by atoms with E-state index in [4.69, 9.17) is 0 Å². The molecule has 0 saturated heterocycles. The molecular formula is C14H14O3. The Hall–Kier alpha value is -2.16. The summed E-state index contributed by atoms with van der Waals surface area (Å²) < 4.78 is 0. The summed E-state index contributed by atoms with van der Waals surface area (Å²) in [5.74, 6) is -0.581. The van der Waals surface area contributed by atoms with Crippen molar-refractivity contribution in [3.05, 3.63) is 41.5 Å². The Morgan fingerprint density at radius 2 is 1.47 bits per heavy atom. The second-order valence-corrected chi connectivity index (χ2v) is 4.15. The van der Waals surface area contributed by atoms with E-state index in [0.29, 0.717) is 5.56 Å². The van der Waals surface area contributed by atoms with Crippen LogP contribution in [-0.4, -0.2) is 15.3 Å². The summed E-state index contributed by atoms with van der Waals surface area (Å²) in [6.07, 6.45) is 0. The van der Waals surface area contributed by atoms with Gasteiger partial charge in [0, 0.05) is 0 Å². The van der Waals surface area contributed by atoms with Gasteiger partial charge in [0.25, 0.3) is 0 Å². The number of rotatable bonds is 1. The quantitative estimate of drug-likeness (QED) is 0.521. The molecule has 0 aromatic heterocycles. The number of hydrogen-bond acceptors (Lipinski definition) is 3. The van der Waals surface area contributed by atoms with E-state index in [1.165, 1.54) is 12.1 Å². The van der Waals surface area contributed by atoms with Crippen molar-refractivity contribution in [2.75, 3.05) is 0 Å². The molecule has 0 saturated carbocycles. The third-order valence-electron chi connectivity index (χ3n) is 2.79. The third kappa shape index (κ3) is 1.91. The van der Waals surface area contributed by atoms with E-state index in [0.717, 1.165) is 11.1 Å². The van der Waals surface area contributed by atoms with E-state index in [2.05, 4.69) is 0 Å². The molecule has 3 nitrogen and oxygen atoms in total. The molecule has 2 aromatic rings. The molecule has 2 rings (SSSR count). The smallest absolute Gasteiger partial charge is 0.169 e. The fourth-order valence-electron chi connectivity index (χ4n) is 1.93. The van der Waals surface area contributed by atoms with Crippen LogP contribution in [0.5, 0.6) is 17.2 Å². The summed E-state index contributed by atoms with van der Waals surface area (Å²) >= 11 is 0. The van der Waals surface area contributed by atoms with E-state index in [-0.39, 0.29) is 22.8 Å². The van der Waals surface area contributed by atoms with Gasteiger partial charge in [0.2, 0.25) is 0 Å². The predicted molar refractivity (Wildman–Crippen MR) is 66.3 cm³/mol. The van der Waals surface area contributed by atoms with Crippen molar-refractivity contribution in [2.24, 2.45) is 0 Å². The standard InChI is InChI=1S/C14H14O3/c1-8-3-4-10(9(2)7-8)13-11(15)5-6-12(16)14(13)17/h3-7,15-17H,1-2H3. The summed E-state index contributed by atoms with van der Waals surface area (Å²) in [6, 6.07) is 8.30. The van der Waals surface area contributed by atoms with E-state index >= 15 is 0 Å². The number of hydrogen-bond donors (Lipinski definition) is 3. The molecule has 0 aliphatic carbocycles. The van der Waals surface area contributed by atoms with E-state index in [1.807, 2.05) is 32.0 Å². The Morgan fingerprint density at radius 3 is 2.12 bits per heavy atom. The molecule has 2 aromatic carbocycles. The lowest BCUT2D eigenvalue weighted by Gasteiger charge is -2.11. The van der Waals surface area contributed by atoms with Gasteiger partial charge in [0.1, 0.15) is 5.75 Å². The number of aromatic hydroxyl groups is 3. The van der Waals surface area contributed by atoms with Crippen molar-refractivity contribution < 1.29 is 15.3 Å². The first-order valence-corrected chi connectivity index (χ1v) is 5.32. The molecule has 0 aliphatic rings. The highest BCUT2D eigenvalue weighted by Gasteiger charge is 2.15. The van der Waals surface area contributed by atoms with E-state index < -0.39 is 0 Å². The van der Waals surface area contributed by atoms with Crippen molar-refractivity contribution in [3.63, 3.8) is 0 Å². The molecule has 0 spiro atoms. The molecule has 0 bridgehead atoms. The molecule has 17 heavy (non-hydrogen) atoms. The maximum Gasteiger partial charge on any atom is 0.169 e. The Bertz CT molecular complexity index is 574. The molecule has 3 N–H and O–H groups in total. The highest BCUT2D eigenvalue weighted by atomic mass is 16.3. The average Bonchev–Trinajstić information content (AvgIpc) is 2.27. The van der Waals surface area contributed by atoms with Gasteiger partial charge in [-0.2, -0.15) is 0 Å². The van der Waals surface area contributed by atoms with Crippen LogP contribution in [0.3, 0.4) is 0 Å². The Balaban J connectivity index is 2.72. The van der Waals surface area contributed by atoms with Crippen molar-refractivity contribution in [2.45, 2.75) is 13.8 Å². The third-order valence-corrected chi connectivity index (χ3v) is 2.79. The zero-order valence-corrected chi connectivity index (χ0v) is 9.73. The Kier molecular flexibility index (Phi) is 2.68. The number of aryl methyl sites for hydroxylation is 2. The lowest BCUT2D eigenvalue weighted by Crippen LogP contribution is -1.87. The van der Waals surface area contributed by atoms with Gasteiger partial charge >= 0.3 is 0 Å². The van der Waals surface area contributed by atoms with Crippen molar-refractivity contribution in [3.8, 4) is 28.4 Å². The fourth-order valence-corrected chi connectivity index (χ4v) is 1.93. The van der Waals surface area contributed by atoms with Gasteiger partial charge in [-0.05, 0) is 37.1 Å². The zero-order chi connectivity index (χ0) is 12.6. The molecule has 0 atom stereocenters.